The zero-order valence-corrected chi connectivity index (χ0v) is 22.6. The van der Waals surface area contributed by atoms with Gasteiger partial charge in [0.25, 0.3) is 0 Å². The number of hydrogen-bond donors (Lipinski definition) is 0. The van der Waals surface area contributed by atoms with Gasteiger partial charge in [-0.1, -0.05) is 137 Å². The van der Waals surface area contributed by atoms with Crippen molar-refractivity contribution in [1.82, 2.24) is 0 Å². The second kappa shape index (κ2) is 15.1. The van der Waals surface area contributed by atoms with E-state index in [2.05, 4.69) is 104 Å². The van der Waals surface area contributed by atoms with Crippen LogP contribution in [0.25, 0.3) is 5.57 Å². The molecule has 174 valence electrons. The fourth-order valence-corrected chi connectivity index (χ4v) is 4.17. The van der Waals surface area contributed by atoms with Crippen LogP contribution in [-0.2, 0) is 6.42 Å². The van der Waals surface area contributed by atoms with Crippen LogP contribution in [0.3, 0.4) is 0 Å². The third-order valence-corrected chi connectivity index (χ3v) is 5.55. The van der Waals surface area contributed by atoms with Crippen LogP contribution in [0.5, 0.6) is 0 Å². The summed E-state index contributed by atoms with van der Waals surface area (Å²) in [6.07, 6.45) is 1.17. The summed E-state index contributed by atoms with van der Waals surface area (Å²) in [4.78, 5) is 0. The molecule has 1 aliphatic carbocycles. The van der Waals surface area contributed by atoms with Gasteiger partial charge in [0.2, 0.25) is 0 Å². The summed E-state index contributed by atoms with van der Waals surface area (Å²) >= 11 is 0. The molecular formula is C31H50. The van der Waals surface area contributed by atoms with Gasteiger partial charge in [0.1, 0.15) is 0 Å². The molecule has 0 saturated carbocycles. The van der Waals surface area contributed by atoms with E-state index < -0.39 is 0 Å². The van der Waals surface area contributed by atoms with Gasteiger partial charge in [0, 0.05) is 0 Å². The molecule has 31 heavy (non-hydrogen) atoms. The molecule has 0 amide bonds. The van der Waals surface area contributed by atoms with Gasteiger partial charge >= 0.3 is 0 Å². The van der Waals surface area contributed by atoms with Gasteiger partial charge in [-0.25, -0.2) is 0 Å². The Morgan fingerprint density at radius 3 is 1.32 bits per heavy atom. The van der Waals surface area contributed by atoms with E-state index in [1.165, 1.54) is 28.7 Å². The minimum atomic E-state index is 0.642. The molecule has 3 rings (SSSR count). The third kappa shape index (κ3) is 8.32. The first-order valence-electron chi connectivity index (χ1n) is 12.6. The highest BCUT2D eigenvalue weighted by Crippen LogP contribution is 2.40. The number of benzene rings is 2. The van der Waals surface area contributed by atoms with Crippen molar-refractivity contribution in [3.8, 4) is 0 Å². The van der Waals surface area contributed by atoms with Gasteiger partial charge in [-0.3, -0.25) is 0 Å². The minimum Gasteiger partial charge on any atom is -0.0683 e. The molecule has 0 aromatic heterocycles. The zero-order chi connectivity index (χ0) is 24.1. The van der Waals surface area contributed by atoms with Crippen LogP contribution in [0.1, 0.15) is 117 Å². The van der Waals surface area contributed by atoms with Gasteiger partial charge in [-0.15, -0.1) is 0 Å². The lowest BCUT2D eigenvalue weighted by Gasteiger charge is -2.14. The Hall–Kier alpha value is -1.82. The molecule has 0 aliphatic heterocycles. The van der Waals surface area contributed by atoms with Crippen LogP contribution >= 0.6 is 0 Å². The lowest BCUT2D eigenvalue weighted by molar-refractivity contribution is 0.734. The predicted molar refractivity (Wildman–Crippen MR) is 144 cm³/mol. The predicted octanol–water partition coefficient (Wildman–Crippen LogP) is 10.3. The molecule has 2 aromatic rings. The average molecular weight is 423 g/mol. The van der Waals surface area contributed by atoms with Gasteiger partial charge in [0.15, 0.2) is 0 Å². The topological polar surface area (TPSA) is 0 Å². The maximum atomic E-state index is 2.31. The van der Waals surface area contributed by atoms with Crippen LogP contribution in [0.2, 0.25) is 0 Å². The van der Waals surface area contributed by atoms with E-state index in [-0.39, 0.29) is 0 Å². The molecule has 0 spiro atoms. The summed E-state index contributed by atoms with van der Waals surface area (Å²) < 4.78 is 0. The maximum absolute atomic E-state index is 2.31. The van der Waals surface area contributed by atoms with Crippen molar-refractivity contribution in [2.75, 3.05) is 0 Å². The molecular weight excluding hydrogens is 372 g/mol. The van der Waals surface area contributed by atoms with Crippen LogP contribution in [0, 0.1) is 11.8 Å². The Morgan fingerprint density at radius 1 is 0.516 bits per heavy atom. The largest absolute Gasteiger partial charge is 0.0683 e. The molecule has 0 bridgehead atoms. The van der Waals surface area contributed by atoms with E-state index in [4.69, 9.17) is 0 Å². The molecule has 0 heteroatoms. The second-order valence-corrected chi connectivity index (χ2v) is 9.02. The SMILES string of the molecule is CC.CC.CC(C)C1=C(C(C)C)c2ccccc2C1.CC(C)c1ccccc1C(C)C. The average Bonchev–Trinajstić information content (AvgIpc) is 3.17. The molecule has 0 N–H and O–H groups in total. The molecule has 0 radical (unpaired) electrons. The smallest absolute Gasteiger partial charge is 0.00523 e. The van der Waals surface area contributed by atoms with E-state index in [9.17, 15) is 0 Å². The molecule has 2 aromatic carbocycles. The summed E-state index contributed by atoms with van der Waals surface area (Å²) in [5.41, 5.74) is 9.24. The summed E-state index contributed by atoms with van der Waals surface area (Å²) in [7, 11) is 0. The first kappa shape index (κ1) is 29.2. The minimum absolute atomic E-state index is 0.642. The van der Waals surface area contributed by atoms with E-state index in [1.54, 1.807) is 11.1 Å². The fourth-order valence-electron chi connectivity index (χ4n) is 4.17. The van der Waals surface area contributed by atoms with Crippen molar-refractivity contribution in [1.29, 1.82) is 0 Å². The number of allylic oxidation sites excluding steroid dienone is 2. The van der Waals surface area contributed by atoms with Crippen molar-refractivity contribution in [3.63, 3.8) is 0 Å². The van der Waals surface area contributed by atoms with E-state index in [1.807, 2.05) is 27.7 Å². The van der Waals surface area contributed by atoms with E-state index in [0.717, 1.165) is 0 Å². The number of fused-ring (bicyclic) bond motifs is 1. The van der Waals surface area contributed by atoms with Crippen molar-refractivity contribution >= 4 is 5.57 Å². The van der Waals surface area contributed by atoms with Crippen molar-refractivity contribution in [2.24, 2.45) is 11.8 Å². The van der Waals surface area contributed by atoms with Crippen molar-refractivity contribution in [3.05, 3.63) is 76.4 Å². The van der Waals surface area contributed by atoms with Crippen molar-refractivity contribution < 1.29 is 0 Å². The number of rotatable bonds is 4. The monoisotopic (exact) mass is 422 g/mol. The van der Waals surface area contributed by atoms with Crippen LogP contribution in [-0.4, -0.2) is 0 Å². The maximum Gasteiger partial charge on any atom is -0.00523 e. The summed E-state index contributed by atoms with van der Waals surface area (Å²) in [6, 6.07) is 17.6. The molecule has 0 saturated heterocycles. The first-order chi connectivity index (χ1) is 14.7. The molecule has 0 atom stereocenters. The third-order valence-electron chi connectivity index (χ3n) is 5.55. The Kier molecular flexibility index (Phi) is 14.2. The van der Waals surface area contributed by atoms with E-state index >= 15 is 0 Å². The van der Waals surface area contributed by atoms with Gasteiger partial charge < -0.3 is 0 Å². The summed E-state index contributed by atoms with van der Waals surface area (Å²) in [5.74, 6) is 2.60. The number of hydrogen-bond acceptors (Lipinski definition) is 0. The summed E-state index contributed by atoms with van der Waals surface area (Å²) in [6.45, 7) is 26.2. The normalized spacial score (nSPS) is 12.1. The van der Waals surface area contributed by atoms with Gasteiger partial charge in [-0.05, 0) is 57.9 Å². The lowest BCUT2D eigenvalue weighted by Crippen LogP contribution is -1.99. The summed E-state index contributed by atoms with van der Waals surface area (Å²) in [5, 5.41) is 0. The highest BCUT2D eigenvalue weighted by molar-refractivity contribution is 5.77. The molecule has 1 aliphatic rings. The lowest BCUT2D eigenvalue weighted by atomic mass is 9.91. The highest BCUT2D eigenvalue weighted by atomic mass is 14.3. The fraction of sp³-hybridized carbons (Fsp3) is 0.548. The highest BCUT2D eigenvalue weighted by Gasteiger charge is 2.24. The molecule has 0 nitrogen and oxygen atoms in total. The molecule has 0 fully saturated rings. The molecule has 0 heterocycles. The second-order valence-electron chi connectivity index (χ2n) is 9.02. The van der Waals surface area contributed by atoms with Crippen LogP contribution < -0.4 is 0 Å². The van der Waals surface area contributed by atoms with Crippen molar-refractivity contribution in [2.45, 2.75) is 101 Å². The Bertz CT molecular complexity index is 745. The Balaban J connectivity index is 0.000000510. The quantitative estimate of drug-likeness (QED) is 0.459. The van der Waals surface area contributed by atoms with Gasteiger partial charge in [0.05, 0.1) is 0 Å². The van der Waals surface area contributed by atoms with Crippen LogP contribution in [0.15, 0.2) is 54.1 Å². The van der Waals surface area contributed by atoms with E-state index in [0.29, 0.717) is 23.7 Å². The Morgan fingerprint density at radius 2 is 0.935 bits per heavy atom. The molecule has 0 unspecified atom stereocenters. The Labute approximate surface area is 195 Å². The standard InChI is InChI=1S/C15H20.C12H18.2C2H6/c1-10(2)14-9-12-7-5-6-8-13(12)15(14)11(3)4;1-9(2)11-7-5-6-8-12(11)10(3)4;2*1-2/h5-8,10-11H,9H2,1-4H3;5-10H,1-4H3;2*1-2H3. The first-order valence-corrected chi connectivity index (χ1v) is 12.6. The van der Waals surface area contributed by atoms with Crippen LogP contribution in [0.4, 0.5) is 0 Å². The zero-order valence-electron chi connectivity index (χ0n) is 22.6. The van der Waals surface area contributed by atoms with Gasteiger partial charge in [-0.2, -0.15) is 0 Å².